The molecule has 158 valence electrons. The summed E-state index contributed by atoms with van der Waals surface area (Å²) in [4.78, 5) is 0. The molecule has 1 aromatic carbocycles. The molecule has 0 aliphatic heterocycles. The third kappa shape index (κ3) is 13.9. The number of nitrogen functional groups attached to an aromatic ring is 1. The van der Waals surface area contributed by atoms with Crippen LogP contribution in [0.2, 0.25) is 5.02 Å². The summed E-state index contributed by atoms with van der Waals surface area (Å²) in [7, 11) is 0. The van der Waals surface area contributed by atoms with Crippen LogP contribution in [0, 0.1) is 12.3 Å². The zero-order valence-electron chi connectivity index (χ0n) is 16.3. The van der Waals surface area contributed by atoms with Crippen LogP contribution in [-0.4, -0.2) is 70.9 Å². The van der Waals surface area contributed by atoms with E-state index >= 15 is 0 Å². The van der Waals surface area contributed by atoms with Crippen LogP contribution in [0.25, 0.3) is 0 Å². The van der Waals surface area contributed by atoms with E-state index in [-0.39, 0.29) is 0 Å². The zero-order valence-corrected chi connectivity index (χ0v) is 17.9. The number of terminal acetylenes is 1. The summed E-state index contributed by atoms with van der Waals surface area (Å²) >= 11 is 7.76. The van der Waals surface area contributed by atoms with Gasteiger partial charge in [0.2, 0.25) is 0 Å². The molecular weight excluding hydrogens is 400 g/mol. The summed E-state index contributed by atoms with van der Waals surface area (Å²) in [6.07, 6.45) is 6.12. The summed E-state index contributed by atoms with van der Waals surface area (Å²) < 4.78 is 21.4. The minimum atomic E-state index is 0.324. The molecule has 28 heavy (non-hydrogen) atoms. The Kier molecular flexibility index (Phi) is 15.9. The van der Waals surface area contributed by atoms with Gasteiger partial charge in [-0.2, -0.15) is 11.8 Å². The van der Waals surface area contributed by atoms with Gasteiger partial charge in [-0.15, -0.1) is 6.42 Å². The van der Waals surface area contributed by atoms with Crippen molar-refractivity contribution < 1.29 is 18.9 Å². The molecule has 0 unspecified atom stereocenters. The Labute approximate surface area is 177 Å². The fourth-order valence-corrected chi connectivity index (χ4v) is 3.07. The number of benzene rings is 1. The van der Waals surface area contributed by atoms with Gasteiger partial charge in [0.15, 0.2) is 0 Å². The lowest BCUT2D eigenvalue weighted by Gasteiger charge is -2.09. The summed E-state index contributed by atoms with van der Waals surface area (Å²) in [5.41, 5.74) is 7.51. The molecule has 0 bridgehead atoms. The van der Waals surface area contributed by atoms with Crippen molar-refractivity contribution in [1.29, 1.82) is 0 Å². The van der Waals surface area contributed by atoms with Gasteiger partial charge in [-0.3, -0.25) is 0 Å². The standard InChI is InChI=1S/C20H31ClN2O4S/c1-2-7-24-8-9-25-10-11-26-12-13-27-14-16-28-15-3-6-23-20-5-4-18(21)17-19(20)22/h1,4-5,17,23H,3,6-16,22H2. The summed E-state index contributed by atoms with van der Waals surface area (Å²) in [5.74, 6) is 4.45. The van der Waals surface area contributed by atoms with Crippen molar-refractivity contribution in [2.24, 2.45) is 0 Å². The van der Waals surface area contributed by atoms with E-state index in [1.165, 1.54) is 0 Å². The van der Waals surface area contributed by atoms with Crippen LogP contribution in [-0.2, 0) is 18.9 Å². The number of rotatable bonds is 18. The lowest BCUT2D eigenvalue weighted by Crippen LogP contribution is -2.12. The van der Waals surface area contributed by atoms with Crippen molar-refractivity contribution in [2.45, 2.75) is 6.42 Å². The Balaban J connectivity index is 1.77. The normalized spacial score (nSPS) is 10.7. The lowest BCUT2D eigenvalue weighted by molar-refractivity contribution is 0.00311. The molecule has 1 rings (SSSR count). The van der Waals surface area contributed by atoms with Crippen LogP contribution in [0.15, 0.2) is 18.2 Å². The molecule has 1 aromatic rings. The number of ether oxygens (including phenoxy) is 4. The van der Waals surface area contributed by atoms with Crippen molar-refractivity contribution in [3.8, 4) is 12.3 Å². The molecular formula is C20H31ClN2O4S. The fraction of sp³-hybridized carbons (Fsp3) is 0.600. The van der Waals surface area contributed by atoms with Crippen molar-refractivity contribution >= 4 is 34.7 Å². The van der Waals surface area contributed by atoms with E-state index in [1.807, 2.05) is 23.9 Å². The quantitative estimate of drug-likeness (QED) is 0.210. The summed E-state index contributed by atoms with van der Waals surface area (Å²) in [6.45, 7) is 5.25. The van der Waals surface area contributed by atoms with Gasteiger partial charge >= 0.3 is 0 Å². The van der Waals surface area contributed by atoms with Crippen LogP contribution in [0.4, 0.5) is 11.4 Å². The molecule has 0 amide bonds. The van der Waals surface area contributed by atoms with Crippen LogP contribution in [0.5, 0.6) is 0 Å². The smallest absolute Gasteiger partial charge is 0.107 e. The van der Waals surface area contributed by atoms with Crippen molar-refractivity contribution in [2.75, 3.05) is 82.0 Å². The Hall–Kier alpha value is -1.14. The molecule has 3 N–H and O–H groups in total. The molecule has 0 aliphatic rings. The van der Waals surface area contributed by atoms with Crippen LogP contribution < -0.4 is 11.1 Å². The first-order chi connectivity index (χ1) is 13.7. The maximum Gasteiger partial charge on any atom is 0.107 e. The van der Waals surface area contributed by atoms with Crippen molar-refractivity contribution in [3.63, 3.8) is 0 Å². The van der Waals surface area contributed by atoms with Gasteiger partial charge in [0.1, 0.15) is 6.61 Å². The number of hydrogen-bond donors (Lipinski definition) is 2. The number of nitrogens with one attached hydrogen (secondary N) is 1. The second kappa shape index (κ2) is 17.9. The highest BCUT2D eigenvalue weighted by atomic mass is 35.5. The predicted molar refractivity (Wildman–Crippen MR) is 118 cm³/mol. The van der Waals surface area contributed by atoms with Crippen LogP contribution in [0.3, 0.4) is 0 Å². The Bertz CT molecular complexity index is 557. The second-order valence-electron chi connectivity index (χ2n) is 5.72. The molecule has 0 saturated carbocycles. The first-order valence-electron chi connectivity index (χ1n) is 9.35. The highest BCUT2D eigenvalue weighted by Gasteiger charge is 1.99. The van der Waals surface area contributed by atoms with E-state index in [0.29, 0.717) is 57.0 Å². The summed E-state index contributed by atoms with van der Waals surface area (Å²) in [6, 6.07) is 5.49. The van der Waals surface area contributed by atoms with Gasteiger partial charge < -0.3 is 30.0 Å². The van der Waals surface area contributed by atoms with Crippen molar-refractivity contribution in [3.05, 3.63) is 23.2 Å². The molecule has 0 aromatic heterocycles. The topological polar surface area (TPSA) is 75.0 Å². The van der Waals surface area contributed by atoms with E-state index in [1.54, 1.807) is 6.07 Å². The monoisotopic (exact) mass is 430 g/mol. The fourth-order valence-electron chi connectivity index (χ4n) is 2.10. The average Bonchev–Trinajstić information content (AvgIpc) is 2.68. The second-order valence-corrected chi connectivity index (χ2v) is 7.38. The third-order valence-electron chi connectivity index (χ3n) is 3.47. The Morgan fingerprint density at radius 3 is 2.25 bits per heavy atom. The van der Waals surface area contributed by atoms with Gasteiger partial charge in [-0.25, -0.2) is 0 Å². The number of thioether (sulfide) groups is 1. The number of nitrogens with two attached hydrogens (primary N) is 1. The van der Waals surface area contributed by atoms with E-state index in [4.69, 9.17) is 42.7 Å². The molecule has 0 aliphatic carbocycles. The highest BCUT2D eigenvalue weighted by Crippen LogP contribution is 2.22. The van der Waals surface area contributed by atoms with Gasteiger partial charge in [0.25, 0.3) is 0 Å². The molecule has 0 radical (unpaired) electrons. The minimum absolute atomic E-state index is 0.324. The van der Waals surface area contributed by atoms with Gasteiger partial charge in [-0.05, 0) is 30.4 Å². The maximum atomic E-state index is 5.90. The van der Waals surface area contributed by atoms with Crippen LogP contribution >= 0.6 is 23.4 Å². The molecule has 8 heteroatoms. The van der Waals surface area contributed by atoms with E-state index in [2.05, 4.69) is 11.2 Å². The molecule has 6 nitrogen and oxygen atoms in total. The number of anilines is 2. The molecule has 0 atom stereocenters. The lowest BCUT2D eigenvalue weighted by atomic mass is 10.2. The Morgan fingerprint density at radius 2 is 1.61 bits per heavy atom. The van der Waals surface area contributed by atoms with E-state index in [9.17, 15) is 0 Å². The average molecular weight is 431 g/mol. The molecule has 0 heterocycles. The first kappa shape index (κ1) is 24.9. The summed E-state index contributed by atoms with van der Waals surface area (Å²) in [5, 5.41) is 3.97. The largest absolute Gasteiger partial charge is 0.397 e. The predicted octanol–water partition coefficient (Wildman–Crippen LogP) is 3.16. The minimum Gasteiger partial charge on any atom is -0.397 e. The van der Waals surface area contributed by atoms with Crippen molar-refractivity contribution in [1.82, 2.24) is 0 Å². The van der Waals surface area contributed by atoms with Gasteiger partial charge in [0.05, 0.1) is 57.6 Å². The number of hydrogen-bond acceptors (Lipinski definition) is 7. The van der Waals surface area contributed by atoms with Gasteiger partial charge in [-0.1, -0.05) is 17.5 Å². The number of halogens is 1. The maximum absolute atomic E-state index is 5.90. The van der Waals surface area contributed by atoms with E-state index in [0.717, 1.165) is 36.8 Å². The van der Waals surface area contributed by atoms with Gasteiger partial charge in [0, 0.05) is 17.3 Å². The van der Waals surface area contributed by atoms with Crippen LogP contribution in [0.1, 0.15) is 6.42 Å². The van der Waals surface area contributed by atoms with E-state index < -0.39 is 0 Å². The zero-order chi connectivity index (χ0) is 20.3. The highest BCUT2D eigenvalue weighted by molar-refractivity contribution is 7.99. The Morgan fingerprint density at radius 1 is 0.964 bits per heavy atom. The third-order valence-corrected chi connectivity index (χ3v) is 4.74. The first-order valence-corrected chi connectivity index (χ1v) is 10.9. The molecule has 0 fully saturated rings. The molecule has 0 spiro atoms. The molecule has 0 saturated heterocycles. The SMILES string of the molecule is C#CCOCCOCCOCCOCCSCCCNc1ccc(Cl)cc1N.